The third kappa shape index (κ3) is 6.63. The zero-order valence-corrected chi connectivity index (χ0v) is 12.0. The van der Waals surface area contributed by atoms with E-state index in [1.54, 1.807) is 0 Å². The number of nitrogens with one attached hydrogen (secondary N) is 1. The van der Waals surface area contributed by atoms with Crippen molar-refractivity contribution < 1.29 is 4.74 Å². The Balaban J connectivity index is 2.50. The minimum atomic E-state index is 0.493. The van der Waals surface area contributed by atoms with Gasteiger partial charge in [0.25, 0.3) is 0 Å². The summed E-state index contributed by atoms with van der Waals surface area (Å²) in [7, 11) is 0. The van der Waals surface area contributed by atoms with Crippen molar-refractivity contribution >= 4 is 0 Å². The molecule has 0 radical (unpaired) electrons. The van der Waals surface area contributed by atoms with E-state index in [0.29, 0.717) is 11.8 Å². The van der Waals surface area contributed by atoms with E-state index in [1.165, 1.54) is 5.56 Å². The molecule has 0 atom stereocenters. The van der Waals surface area contributed by atoms with E-state index in [9.17, 15) is 0 Å². The van der Waals surface area contributed by atoms with Gasteiger partial charge in [0, 0.05) is 12.6 Å². The van der Waals surface area contributed by atoms with Gasteiger partial charge >= 0.3 is 0 Å². The topological polar surface area (TPSA) is 21.3 Å². The van der Waals surface area contributed by atoms with Crippen LogP contribution in [0.3, 0.4) is 0 Å². The molecular weight excluding hydrogens is 234 g/mol. The third-order valence-electron chi connectivity index (χ3n) is 2.47. The number of ether oxygens (including phenoxy) is 1. The molecule has 2 nitrogen and oxygen atoms in total. The van der Waals surface area contributed by atoms with Crippen LogP contribution in [0.4, 0.5) is 0 Å². The smallest absolute Gasteiger partial charge is 0.127 e. The van der Waals surface area contributed by atoms with Gasteiger partial charge in [0.2, 0.25) is 0 Å². The molecule has 0 bridgehead atoms. The van der Waals surface area contributed by atoms with Crippen molar-refractivity contribution in [2.24, 2.45) is 0 Å². The summed E-state index contributed by atoms with van der Waals surface area (Å²) in [6, 6.07) is 8.55. The van der Waals surface area contributed by atoms with E-state index in [1.807, 2.05) is 43.4 Å². The minimum Gasteiger partial charge on any atom is -0.458 e. The molecule has 0 spiro atoms. The highest BCUT2D eigenvalue weighted by Crippen LogP contribution is 2.15. The molecule has 1 N–H and O–H groups in total. The van der Waals surface area contributed by atoms with Gasteiger partial charge in [0.15, 0.2) is 0 Å². The van der Waals surface area contributed by atoms with Crippen LogP contribution in [-0.2, 0) is 6.54 Å². The van der Waals surface area contributed by atoms with Gasteiger partial charge in [0.1, 0.15) is 11.5 Å². The number of benzene rings is 1. The number of rotatable bonds is 7. The molecule has 0 heterocycles. The molecular formula is C17H23NO. The summed E-state index contributed by atoms with van der Waals surface area (Å²) in [6.45, 7) is 11.0. The average molecular weight is 257 g/mol. The first-order valence-corrected chi connectivity index (χ1v) is 6.60. The Labute approximate surface area is 116 Å². The molecule has 0 aliphatic rings. The molecule has 0 fully saturated rings. The van der Waals surface area contributed by atoms with Crippen LogP contribution in [0.1, 0.15) is 26.3 Å². The molecule has 0 aromatic heterocycles. The molecule has 0 saturated heterocycles. The van der Waals surface area contributed by atoms with Crippen molar-refractivity contribution in [2.45, 2.75) is 33.4 Å². The van der Waals surface area contributed by atoms with E-state index < -0.39 is 0 Å². The average Bonchev–Trinajstić information content (AvgIpc) is 2.38. The molecule has 1 rings (SSSR count). The Bertz CT molecular complexity index is 441. The lowest BCUT2D eigenvalue weighted by atomic mass is 10.2. The van der Waals surface area contributed by atoms with Gasteiger partial charge in [-0.25, -0.2) is 0 Å². The molecule has 0 saturated carbocycles. The Morgan fingerprint density at radius 2 is 1.95 bits per heavy atom. The van der Waals surface area contributed by atoms with E-state index in [0.717, 1.165) is 12.3 Å². The van der Waals surface area contributed by atoms with Crippen molar-refractivity contribution in [3.05, 3.63) is 66.5 Å². The predicted molar refractivity (Wildman–Crippen MR) is 82.1 cm³/mol. The summed E-state index contributed by atoms with van der Waals surface area (Å²) in [6.07, 6.45) is 7.65. The predicted octanol–water partition coefficient (Wildman–Crippen LogP) is 4.21. The number of hydrogen-bond acceptors (Lipinski definition) is 2. The first kappa shape index (κ1) is 15.3. The van der Waals surface area contributed by atoms with Crippen LogP contribution < -0.4 is 10.1 Å². The van der Waals surface area contributed by atoms with E-state index in [2.05, 4.69) is 37.9 Å². The molecule has 2 heteroatoms. The summed E-state index contributed by atoms with van der Waals surface area (Å²) in [5, 5.41) is 3.38. The van der Waals surface area contributed by atoms with Gasteiger partial charge < -0.3 is 10.1 Å². The summed E-state index contributed by atoms with van der Waals surface area (Å²) in [4.78, 5) is 0. The van der Waals surface area contributed by atoms with E-state index >= 15 is 0 Å². The lowest BCUT2D eigenvalue weighted by Crippen LogP contribution is -2.21. The SMILES string of the molecule is C=C(/C=C\C=C/C)Oc1ccc(CNC(C)C)cc1. The highest BCUT2D eigenvalue weighted by molar-refractivity contribution is 5.30. The first-order chi connectivity index (χ1) is 9.11. The third-order valence-corrected chi connectivity index (χ3v) is 2.47. The quantitative estimate of drug-likeness (QED) is 0.583. The Kier molecular flexibility index (Phi) is 6.69. The first-order valence-electron chi connectivity index (χ1n) is 6.60. The lowest BCUT2D eigenvalue weighted by Gasteiger charge is -2.09. The van der Waals surface area contributed by atoms with E-state index in [4.69, 9.17) is 4.74 Å². The second-order valence-corrected chi connectivity index (χ2v) is 4.63. The van der Waals surface area contributed by atoms with Gasteiger partial charge in [0.05, 0.1) is 0 Å². The zero-order chi connectivity index (χ0) is 14.1. The fraction of sp³-hybridized carbons (Fsp3) is 0.294. The van der Waals surface area contributed by atoms with E-state index in [-0.39, 0.29) is 0 Å². The van der Waals surface area contributed by atoms with Crippen molar-refractivity contribution in [3.8, 4) is 5.75 Å². The van der Waals surface area contributed by atoms with Gasteiger partial charge in [-0.1, -0.05) is 50.8 Å². The van der Waals surface area contributed by atoms with Crippen molar-refractivity contribution in [1.29, 1.82) is 0 Å². The largest absolute Gasteiger partial charge is 0.458 e. The molecule has 1 aromatic carbocycles. The van der Waals surface area contributed by atoms with Crippen LogP contribution in [-0.4, -0.2) is 6.04 Å². The van der Waals surface area contributed by atoms with Gasteiger partial charge in [-0.15, -0.1) is 0 Å². The van der Waals surface area contributed by atoms with Crippen LogP contribution in [0.15, 0.2) is 60.9 Å². The molecule has 102 valence electrons. The summed E-state index contributed by atoms with van der Waals surface area (Å²) < 4.78 is 5.61. The lowest BCUT2D eigenvalue weighted by molar-refractivity contribution is 0.446. The van der Waals surface area contributed by atoms with Crippen molar-refractivity contribution in [2.75, 3.05) is 0 Å². The van der Waals surface area contributed by atoms with Gasteiger partial charge in [-0.3, -0.25) is 0 Å². The standard InChI is InChI=1S/C17H23NO/c1-5-6-7-8-15(4)19-17-11-9-16(10-12-17)13-18-14(2)3/h5-12,14,18H,4,13H2,1-3H3/b6-5-,8-7-. The molecule has 0 aliphatic heterocycles. The molecule has 1 aromatic rings. The molecule has 0 unspecified atom stereocenters. The maximum Gasteiger partial charge on any atom is 0.127 e. The molecule has 19 heavy (non-hydrogen) atoms. The van der Waals surface area contributed by atoms with Crippen LogP contribution in [0.5, 0.6) is 5.75 Å². The number of hydrogen-bond donors (Lipinski definition) is 1. The summed E-state index contributed by atoms with van der Waals surface area (Å²) >= 11 is 0. The van der Waals surface area contributed by atoms with Crippen LogP contribution in [0.25, 0.3) is 0 Å². The fourth-order valence-electron chi connectivity index (χ4n) is 1.46. The highest BCUT2D eigenvalue weighted by atomic mass is 16.5. The fourth-order valence-corrected chi connectivity index (χ4v) is 1.46. The van der Waals surface area contributed by atoms with Crippen molar-refractivity contribution in [3.63, 3.8) is 0 Å². The maximum atomic E-state index is 5.61. The zero-order valence-electron chi connectivity index (χ0n) is 12.0. The highest BCUT2D eigenvalue weighted by Gasteiger charge is 1.98. The van der Waals surface area contributed by atoms with Gasteiger partial charge in [-0.2, -0.15) is 0 Å². The Morgan fingerprint density at radius 3 is 2.53 bits per heavy atom. The van der Waals surface area contributed by atoms with Crippen LogP contribution in [0, 0.1) is 0 Å². The normalized spacial score (nSPS) is 11.6. The maximum absolute atomic E-state index is 5.61. The molecule has 0 aliphatic carbocycles. The monoisotopic (exact) mass is 257 g/mol. The second kappa shape index (κ2) is 8.33. The Morgan fingerprint density at radius 1 is 1.26 bits per heavy atom. The molecule has 0 amide bonds. The second-order valence-electron chi connectivity index (χ2n) is 4.63. The van der Waals surface area contributed by atoms with Crippen LogP contribution in [0.2, 0.25) is 0 Å². The summed E-state index contributed by atoms with van der Waals surface area (Å²) in [5.74, 6) is 1.44. The van der Waals surface area contributed by atoms with Gasteiger partial charge in [-0.05, 0) is 30.7 Å². The van der Waals surface area contributed by atoms with Crippen LogP contribution >= 0.6 is 0 Å². The number of allylic oxidation sites excluding steroid dienone is 4. The summed E-state index contributed by atoms with van der Waals surface area (Å²) in [5.41, 5.74) is 1.25. The minimum absolute atomic E-state index is 0.493. The Hall–Kier alpha value is -1.80. The van der Waals surface area contributed by atoms with Crippen molar-refractivity contribution in [1.82, 2.24) is 5.32 Å².